The molecule has 3 rings (SSSR count). The van der Waals surface area contributed by atoms with E-state index in [1.54, 1.807) is 18.7 Å². The van der Waals surface area contributed by atoms with Crippen LogP contribution in [0.3, 0.4) is 0 Å². The van der Waals surface area contributed by atoms with Gasteiger partial charge in [-0.1, -0.05) is 0 Å². The minimum absolute atomic E-state index is 0.262. The molecule has 19 heavy (non-hydrogen) atoms. The molecule has 0 saturated carbocycles. The van der Waals surface area contributed by atoms with Crippen LogP contribution in [0.15, 0.2) is 24.8 Å². The molecule has 0 aromatic carbocycles. The number of anilines is 1. The van der Waals surface area contributed by atoms with Crippen LogP contribution in [0.4, 0.5) is 5.13 Å². The Labute approximate surface area is 116 Å². The average molecular weight is 276 g/mol. The van der Waals surface area contributed by atoms with E-state index >= 15 is 0 Å². The van der Waals surface area contributed by atoms with E-state index in [1.807, 2.05) is 6.07 Å². The second-order valence-electron chi connectivity index (χ2n) is 4.53. The third-order valence-corrected chi connectivity index (χ3v) is 4.17. The van der Waals surface area contributed by atoms with E-state index in [-0.39, 0.29) is 6.04 Å². The second kappa shape index (κ2) is 5.58. The molecule has 3 heterocycles. The molecule has 1 aliphatic rings. The van der Waals surface area contributed by atoms with Gasteiger partial charge >= 0.3 is 0 Å². The van der Waals surface area contributed by atoms with Crippen LogP contribution in [-0.2, 0) is 0 Å². The number of piperazine rings is 1. The molecule has 6 nitrogen and oxygen atoms in total. The highest BCUT2D eigenvalue weighted by Crippen LogP contribution is 2.21. The molecule has 2 aromatic rings. The zero-order chi connectivity index (χ0) is 13.1. The summed E-state index contributed by atoms with van der Waals surface area (Å²) < 4.78 is 4.05. The Hall–Kier alpha value is -1.60. The number of hydrogen-bond donors (Lipinski definition) is 0. The summed E-state index contributed by atoms with van der Waals surface area (Å²) in [5, 5.41) is 1.02. The van der Waals surface area contributed by atoms with E-state index in [9.17, 15) is 0 Å². The largest absolute Gasteiger partial charge is 0.344 e. The SMILES string of the molecule is CC(c1ncccn1)N1CCN(c2ncns2)CC1. The minimum atomic E-state index is 0.262. The van der Waals surface area contributed by atoms with Crippen molar-refractivity contribution in [3.8, 4) is 0 Å². The second-order valence-corrected chi connectivity index (χ2v) is 5.29. The van der Waals surface area contributed by atoms with E-state index in [4.69, 9.17) is 0 Å². The molecule has 0 aliphatic carbocycles. The van der Waals surface area contributed by atoms with Crippen LogP contribution in [0, 0.1) is 0 Å². The quantitative estimate of drug-likeness (QED) is 0.840. The molecular weight excluding hydrogens is 260 g/mol. The van der Waals surface area contributed by atoms with Crippen molar-refractivity contribution in [2.75, 3.05) is 31.1 Å². The van der Waals surface area contributed by atoms with E-state index in [2.05, 4.69) is 36.0 Å². The molecule has 1 unspecified atom stereocenters. The van der Waals surface area contributed by atoms with Gasteiger partial charge in [-0.25, -0.2) is 15.0 Å². The summed E-state index contributed by atoms with van der Waals surface area (Å²) in [5.41, 5.74) is 0. The lowest BCUT2D eigenvalue weighted by Crippen LogP contribution is -2.47. The lowest BCUT2D eigenvalue weighted by Gasteiger charge is -2.37. The Morgan fingerprint density at radius 1 is 1.11 bits per heavy atom. The van der Waals surface area contributed by atoms with E-state index in [1.165, 1.54) is 11.5 Å². The molecule has 1 aliphatic heterocycles. The highest BCUT2D eigenvalue weighted by atomic mass is 32.1. The number of nitrogens with zero attached hydrogens (tertiary/aromatic N) is 6. The Morgan fingerprint density at radius 3 is 2.47 bits per heavy atom. The summed E-state index contributed by atoms with van der Waals surface area (Å²) in [6, 6.07) is 2.11. The minimum Gasteiger partial charge on any atom is -0.344 e. The molecule has 0 bridgehead atoms. The summed E-state index contributed by atoms with van der Waals surface area (Å²) >= 11 is 1.46. The standard InChI is InChI=1S/C12H16N6S/c1-10(11-13-3-2-4-14-11)17-5-7-18(8-6-17)12-15-9-16-19-12/h2-4,9-10H,5-8H2,1H3. The fraction of sp³-hybridized carbons (Fsp3) is 0.500. The van der Waals surface area contributed by atoms with Crippen LogP contribution in [0.2, 0.25) is 0 Å². The maximum Gasteiger partial charge on any atom is 0.205 e. The van der Waals surface area contributed by atoms with Crippen LogP contribution in [0.1, 0.15) is 18.8 Å². The van der Waals surface area contributed by atoms with Gasteiger partial charge in [0.2, 0.25) is 5.13 Å². The number of aromatic nitrogens is 4. The van der Waals surface area contributed by atoms with Crippen LogP contribution in [0.5, 0.6) is 0 Å². The van der Waals surface area contributed by atoms with Gasteiger partial charge in [-0.05, 0) is 13.0 Å². The topological polar surface area (TPSA) is 58.0 Å². The monoisotopic (exact) mass is 276 g/mol. The summed E-state index contributed by atoms with van der Waals surface area (Å²) in [6.07, 6.45) is 5.22. The molecular formula is C12H16N6S. The first-order valence-corrected chi connectivity index (χ1v) is 7.14. The molecule has 1 atom stereocenters. The van der Waals surface area contributed by atoms with Gasteiger partial charge in [-0.15, -0.1) is 0 Å². The van der Waals surface area contributed by atoms with Gasteiger partial charge in [-0.2, -0.15) is 4.37 Å². The van der Waals surface area contributed by atoms with Crippen molar-refractivity contribution in [2.45, 2.75) is 13.0 Å². The van der Waals surface area contributed by atoms with E-state index in [0.29, 0.717) is 0 Å². The van der Waals surface area contributed by atoms with Gasteiger partial charge < -0.3 is 4.90 Å². The molecule has 0 N–H and O–H groups in total. The fourth-order valence-electron chi connectivity index (χ4n) is 2.30. The summed E-state index contributed by atoms with van der Waals surface area (Å²) in [4.78, 5) is 17.6. The highest BCUT2D eigenvalue weighted by molar-refractivity contribution is 7.09. The van der Waals surface area contributed by atoms with Gasteiger partial charge in [0.25, 0.3) is 0 Å². The summed E-state index contributed by atoms with van der Waals surface area (Å²) in [7, 11) is 0. The smallest absolute Gasteiger partial charge is 0.205 e. The van der Waals surface area contributed by atoms with Crippen molar-refractivity contribution >= 4 is 16.7 Å². The predicted octanol–water partition coefficient (Wildman–Crippen LogP) is 1.21. The van der Waals surface area contributed by atoms with Crippen molar-refractivity contribution in [2.24, 2.45) is 0 Å². The molecule has 0 amide bonds. The summed E-state index contributed by atoms with van der Waals surface area (Å²) in [6.45, 7) is 6.12. The third-order valence-electron chi connectivity index (χ3n) is 3.44. The van der Waals surface area contributed by atoms with Gasteiger partial charge in [0.1, 0.15) is 12.2 Å². The maximum atomic E-state index is 4.34. The molecule has 7 heteroatoms. The lowest BCUT2D eigenvalue weighted by atomic mass is 10.2. The van der Waals surface area contributed by atoms with Gasteiger partial charge in [0.05, 0.1) is 6.04 Å². The first kappa shape index (κ1) is 12.4. The van der Waals surface area contributed by atoms with E-state index in [0.717, 1.165) is 37.1 Å². The predicted molar refractivity (Wildman–Crippen MR) is 74.1 cm³/mol. The fourth-order valence-corrected chi connectivity index (χ4v) is 2.88. The normalized spacial score (nSPS) is 18.5. The molecule has 100 valence electrons. The van der Waals surface area contributed by atoms with Crippen LogP contribution < -0.4 is 4.90 Å². The van der Waals surface area contributed by atoms with Crippen LogP contribution in [0.25, 0.3) is 0 Å². The molecule has 0 radical (unpaired) electrons. The first-order valence-electron chi connectivity index (χ1n) is 6.37. The molecule has 0 spiro atoms. The Balaban J connectivity index is 1.61. The maximum absolute atomic E-state index is 4.34. The van der Waals surface area contributed by atoms with Crippen LogP contribution in [-0.4, -0.2) is 50.4 Å². The van der Waals surface area contributed by atoms with Gasteiger partial charge in [0, 0.05) is 50.1 Å². The Kier molecular flexibility index (Phi) is 3.65. The van der Waals surface area contributed by atoms with Crippen molar-refractivity contribution < 1.29 is 0 Å². The molecule has 1 saturated heterocycles. The van der Waals surface area contributed by atoms with Crippen LogP contribution >= 0.6 is 11.5 Å². The van der Waals surface area contributed by atoms with Crippen molar-refractivity contribution in [1.82, 2.24) is 24.2 Å². The van der Waals surface area contributed by atoms with Gasteiger partial charge in [0.15, 0.2) is 0 Å². The lowest BCUT2D eigenvalue weighted by molar-refractivity contribution is 0.191. The van der Waals surface area contributed by atoms with Crippen molar-refractivity contribution in [3.63, 3.8) is 0 Å². The molecule has 2 aromatic heterocycles. The van der Waals surface area contributed by atoms with Crippen molar-refractivity contribution in [1.29, 1.82) is 0 Å². The number of hydrogen-bond acceptors (Lipinski definition) is 7. The Morgan fingerprint density at radius 2 is 1.84 bits per heavy atom. The zero-order valence-electron chi connectivity index (χ0n) is 10.8. The zero-order valence-corrected chi connectivity index (χ0v) is 11.6. The number of rotatable bonds is 3. The van der Waals surface area contributed by atoms with Gasteiger partial charge in [-0.3, -0.25) is 4.90 Å². The summed E-state index contributed by atoms with van der Waals surface area (Å²) in [5.74, 6) is 0.895. The average Bonchev–Trinajstić information content (AvgIpc) is 3.02. The van der Waals surface area contributed by atoms with E-state index < -0.39 is 0 Å². The molecule has 1 fully saturated rings. The highest BCUT2D eigenvalue weighted by Gasteiger charge is 2.24. The first-order chi connectivity index (χ1) is 9.34. The third kappa shape index (κ3) is 2.71. The van der Waals surface area contributed by atoms with Crippen molar-refractivity contribution in [3.05, 3.63) is 30.6 Å². The Bertz CT molecular complexity index is 494.